The monoisotopic (exact) mass is 410 g/mol. The molecule has 0 spiro atoms. The number of aryl methyl sites for hydroxylation is 1. The Morgan fingerprint density at radius 3 is 2.73 bits per heavy atom. The standard InChI is InChI=1S/C16H22N6OS3/c1-3-4-9-17-14(24)20-19-13(23)10-25-16-22-21-15(26-16)18-12-7-5-11(2)6-8-12/h5-8H,3-4,9-10H2,1-2H3,(H,18,21)(H,19,23)(H2,17,20,24). The van der Waals surface area contributed by atoms with E-state index in [1.54, 1.807) is 0 Å². The van der Waals surface area contributed by atoms with Crippen LogP contribution in [0.25, 0.3) is 0 Å². The van der Waals surface area contributed by atoms with Crippen LogP contribution in [0.15, 0.2) is 28.6 Å². The van der Waals surface area contributed by atoms with Gasteiger partial charge in [-0.25, -0.2) is 0 Å². The number of nitrogens with one attached hydrogen (secondary N) is 4. The molecule has 10 heteroatoms. The average molecular weight is 411 g/mol. The van der Waals surface area contributed by atoms with Crippen molar-refractivity contribution in [3.05, 3.63) is 29.8 Å². The van der Waals surface area contributed by atoms with Gasteiger partial charge >= 0.3 is 0 Å². The summed E-state index contributed by atoms with van der Waals surface area (Å²) in [7, 11) is 0. The summed E-state index contributed by atoms with van der Waals surface area (Å²) in [6, 6.07) is 8.02. The molecule has 0 unspecified atom stereocenters. The highest BCUT2D eigenvalue weighted by Gasteiger charge is 2.08. The van der Waals surface area contributed by atoms with Crippen molar-refractivity contribution in [3.8, 4) is 0 Å². The van der Waals surface area contributed by atoms with Gasteiger partial charge in [0.25, 0.3) is 0 Å². The number of thiocarbonyl (C=S) groups is 1. The number of carbonyl (C=O) groups is 1. The molecule has 1 amide bonds. The van der Waals surface area contributed by atoms with Gasteiger partial charge < -0.3 is 10.6 Å². The second-order valence-electron chi connectivity index (χ2n) is 5.44. The van der Waals surface area contributed by atoms with Crippen molar-refractivity contribution in [2.24, 2.45) is 0 Å². The van der Waals surface area contributed by atoms with Gasteiger partial charge in [-0.2, -0.15) is 0 Å². The van der Waals surface area contributed by atoms with Crippen LogP contribution in [0.1, 0.15) is 25.3 Å². The second kappa shape index (κ2) is 10.9. The highest BCUT2D eigenvalue weighted by molar-refractivity contribution is 8.01. The zero-order valence-corrected chi connectivity index (χ0v) is 17.1. The van der Waals surface area contributed by atoms with E-state index in [1.165, 1.54) is 28.7 Å². The molecule has 7 nitrogen and oxygen atoms in total. The van der Waals surface area contributed by atoms with Crippen LogP contribution in [0.5, 0.6) is 0 Å². The van der Waals surface area contributed by atoms with E-state index in [0.29, 0.717) is 10.2 Å². The predicted octanol–water partition coefficient (Wildman–Crippen LogP) is 2.98. The van der Waals surface area contributed by atoms with E-state index in [1.807, 2.05) is 31.2 Å². The predicted molar refractivity (Wildman–Crippen MR) is 112 cm³/mol. The molecule has 1 aromatic heterocycles. The van der Waals surface area contributed by atoms with Gasteiger partial charge in [-0.15, -0.1) is 10.2 Å². The number of rotatable bonds is 8. The Morgan fingerprint density at radius 2 is 2.00 bits per heavy atom. The van der Waals surface area contributed by atoms with Crippen LogP contribution in [0.2, 0.25) is 0 Å². The fourth-order valence-corrected chi connectivity index (χ4v) is 3.52. The highest BCUT2D eigenvalue weighted by Crippen LogP contribution is 2.27. The number of anilines is 2. The Labute approximate surface area is 166 Å². The third-order valence-electron chi connectivity index (χ3n) is 3.17. The smallest absolute Gasteiger partial charge is 0.248 e. The number of hydrogen-bond donors (Lipinski definition) is 4. The van der Waals surface area contributed by atoms with Gasteiger partial charge in [-0.1, -0.05) is 54.1 Å². The molecule has 0 bridgehead atoms. The van der Waals surface area contributed by atoms with Gasteiger partial charge in [0.2, 0.25) is 11.0 Å². The molecule has 1 aromatic carbocycles. The molecule has 2 rings (SSSR count). The zero-order valence-electron chi connectivity index (χ0n) is 14.7. The number of amides is 1. The molecule has 0 atom stereocenters. The largest absolute Gasteiger partial charge is 0.361 e. The molecule has 0 aliphatic carbocycles. The number of thioether (sulfide) groups is 1. The topological polar surface area (TPSA) is 91.0 Å². The van der Waals surface area contributed by atoms with Crippen molar-refractivity contribution >= 4 is 57.2 Å². The first kappa shape index (κ1) is 20.4. The van der Waals surface area contributed by atoms with Crippen molar-refractivity contribution in [2.45, 2.75) is 31.0 Å². The number of unbranched alkanes of at least 4 members (excludes halogenated alkanes) is 1. The Kier molecular flexibility index (Phi) is 8.59. The fraction of sp³-hybridized carbons (Fsp3) is 0.375. The van der Waals surface area contributed by atoms with E-state index < -0.39 is 0 Å². The lowest BCUT2D eigenvalue weighted by Gasteiger charge is -2.10. The summed E-state index contributed by atoms with van der Waals surface area (Å²) in [4.78, 5) is 11.8. The van der Waals surface area contributed by atoms with Crippen molar-refractivity contribution < 1.29 is 4.79 Å². The molecule has 0 radical (unpaired) electrons. The quantitative estimate of drug-likeness (QED) is 0.229. The van der Waals surface area contributed by atoms with Crippen LogP contribution in [-0.4, -0.2) is 33.5 Å². The Hall–Kier alpha value is -1.91. The molecule has 0 fully saturated rings. The first-order valence-electron chi connectivity index (χ1n) is 8.19. The number of aromatic nitrogens is 2. The number of carbonyl (C=O) groups excluding carboxylic acids is 1. The Bertz CT molecular complexity index is 719. The SMILES string of the molecule is CCCCNC(=S)NNC(=O)CSc1nnc(Nc2ccc(C)cc2)s1. The molecule has 0 aliphatic rings. The molecular weight excluding hydrogens is 388 g/mol. The third kappa shape index (κ3) is 7.54. The average Bonchev–Trinajstić information content (AvgIpc) is 3.08. The van der Waals surface area contributed by atoms with Crippen molar-refractivity contribution in [1.82, 2.24) is 26.4 Å². The normalized spacial score (nSPS) is 10.2. The van der Waals surface area contributed by atoms with Crippen LogP contribution in [0.4, 0.5) is 10.8 Å². The summed E-state index contributed by atoms with van der Waals surface area (Å²) >= 11 is 7.79. The summed E-state index contributed by atoms with van der Waals surface area (Å²) in [6.07, 6.45) is 2.11. The summed E-state index contributed by atoms with van der Waals surface area (Å²) < 4.78 is 0.721. The molecule has 0 saturated heterocycles. The summed E-state index contributed by atoms with van der Waals surface area (Å²) in [5.74, 6) is 0.0434. The number of nitrogens with zero attached hydrogens (tertiary/aromatic N) is 2. The van der Waals surface area contributed by atoms with Gasteiger partial charge in [0.1, 0.15) is 0 Å². The van der Waals surface area contributed by atoms with Gasteiger partial charge in [0.15, 0.2) is 9.45 Å². The fourth-order valence-electron chi connectivity index (χ4n) is 1.79. The van der Waals surface area contributed by atoms with E-state index in [4.69, 9.17) is 12.2 Å². The van der Waals surface area contributed by atoms with Crippen LogP contribution in [-0.2, 0) is 4.79 Å². The van der Waals surface area contributed by atoms with Crippen molar-refractivity contribution in [2.75, 3.05) is 17.6 Å². The minimum atomic E-state index is -0.183. The molecular formula is C16H22N6OS3. The zero-order chi connectivity index (χ0) is 18.8. The van der Waals surface area contributed by atoms with Crippen LogP contribution in [0, 0.1) is 6.92 Å². The van der Waals surface area contributed by atoms with Crippen LogP contribution < -0.4 is 21.5 Å². The summed E-state index contributed by atoms with van der Waals surface area (Å²) in [6.45, 7) is 4.93. The lowest BCUT2D eigenvalue weighted by Crippen LogP contribution is -2.47. The third-order valence-corrected chi connectivity index (χ3v) is 5.39. The van der Waals surface area contributed by atoms with E-state index >= 15 is 0 Å². The minimum absolute atomic E-state index is 0.183. The molecule has 140 valence electrons. The first-order chi connectivity index (χ1) is 12.6. The maximum Gasteiger partial charge on any atom is 0.248 e. The molecule has 26 heavy (non-hydrogen) atoms. The van der Waals surface area contributed by atoms with E-state index in [0.717, 1.165) is 29.4 Å². The highest BCUT2D eigenvalue weighted by atomic mass is 32.2. The number of benzene rings is 1. The van der Waals surface area contributed by atoms with Crippen molar-refractivity contribution in [1.29, 1.82) is 0 Å². The molecule has 4 N–H and O–H groups in total. The second-order valence-corrected chi connectivity index (χ2v) is 8.04. The first-order valence-corrected chi connectivity index (χ1v) is 10.4. The lowest BCUT2D eigenvalue weighted by atomic mass is 10.2. The number of hydrazine groups is 1. The van der Waals surface area contributed by atoms with Crippen LogP contribution >= 0.6 is 35.3 Å². The maximum absolute atomic E-state index is 11.8. The summed E-state index contributed by atoms with van der Waals surface area (Å²) in [5, 5.41) is 15.5. The van der Waals surface area contributed by atoms with E-state index in [9.17, 15) is 4.79 Å². The van der Waals surface area contributed by atoms with Gasteiger partial charge in [0.05, 0.1) is 5.75 Å². The lowest BCUT2D eigenvalue weighted by molar-refractivity contribution is -0.119. The van der Waals surface area contributed by atoms with Gasteiger partial charge in [0, 0.05) is 12.2 Å². The molecule has 1 heterocycles. The molecule has 0 aliphatic heterocycles. The Balaban J connectivity index is 1.69. The molecule has 0 saturated carbocycles. The van der Waals surface area contributed by atoms with E-state index in [-0.39, 0.29) is 11.7 Å². The maximum atomic E-state index is 11.8. The van der Waals surface area contributed by atoms with Gasteiger partial charge in [-0.05, 0) is 37.7 Å². The van der Waals surface area contributed by atoms with E-state index in [2.05, 4.69) is 38.6 Å². The number of hydrogen-bond acceptors (Lipinski definition) is 7. The van der Waals surface area contributed by atoms with Crippen LogP contribution in [0.3, 0.4) is 0 Å². The van der Waals surface area contributed by atoms with Crippen molar-refractivity contribution in [3.63, 3.8) is 0 Å². The van der Waals surface area contributed by atoms with Gasteiger partial charge in [-0.3, -0.25) is 15.6 Å². The summed E-state index contributed by atoms with van der Waals surface area (Å²) in [5.41, 5.74) is 7.39. The molecule has 2 aromatic rings. The minimum Gasteiger partial charge on any atom is -0.361 e. The Morgan fingerprint density at radius 1 is 1.23 bits per heavy atom.